The van der Waals surface area contributed by atoms with Crippen LogP contribution in [0.5, 0.6) is 5.75 Å². The Balaban J connectivity index is 1.54. The minimum Gasteiger partial charge on any atom is -0.496 e. The number of hydrogen-bond donors (Lipinski definition) is 1. The van der Waals surface area contributed by atoms with Gasteiger partial charge in [0.25, 0.3) is 5.56 Å². The maximum atomic E-state index is 12.9. The van der Waals surface area contributed by atoms with E-state index in [0.29, 0.717) is 41.7 Å². The molecule has 0 saturated carbocycles. The van der Waals surface area contributed by atoms with Crippen LogP contribution in [0.2, 0.25) is 0 Å². The highest BCUT2D eigenvalue weighted by Gasteiger charge is 2.18. The number of nitrogens with zero attached hydrogens (tertiary/aromatic N) is 4. The summed E-state index contributed by atoms with van der Waals surface area (Å²) in [6.07, 6.45) is 0.689. The fourth-order valence-electron chi connectivity index (χ4n) is 3.63. The number of aromatic nitrogens is 4. The summed E-state index contributed by atoms with van der Waals surface area (Å²) in [6.45, 7) is 5.08. The lowest BCUT2D eigenvalue weighted by Gasteiger charge is -2.11. The number of methoxy groups -OCH3 is 1. The molecule has 0 aliphatic rings. The summed E-state index contributed by atoms with van der Waals surface area (Å²) in [7, 11) is 1.61. The highest BCUT2D eigenvalue weighted by molar-refractivity contribution is 7.17. The molecule has 4 aromatic rings. The average Bonchev–Trinajstić information content (AvgIpc) is 3.40. The van der Waals surface area contributed by atoms with Crippen molar-refractivity contribution in [1.29, 1.82) is 0 Å². The van der Waals surface area contributed by atoms with Gasteiger partial charge < -0.3 is 10.1 Å². The van der Waals surface area contributed by atoms with Crippen LogP contribution in [0.4, 0.5) is 0 Å². The van der Waals surface area contributed by atoms with E-state index in [-0.39, 0.29) is 17.9 Å². The molecule has 0 radical (unpaired) electrons. The highest BCUT2D eigenvalue weighted by atomic mass is 32.1. The van der Waals surface area contributed by atoms with Gasteiger partial charge in [0, 0.05) is 31.5 Å². The number of nitrogens with one attached hydrogen (secondary N) is 1. The molecule has 0 aliphatic carbocycles. The van der Waals surface area contributed by atoms with Crippen LogP contribution < -0.4 is 15.6 Å². The molecule has 0 atom stereocenters. The quantitative estimate of drug-likeness (QED) is 0.456. The third-order valence-corrected chi connectivity index (χ3v) is 5.96. The van der Waals surface area contributed by atoms with Gasteiger partial charge in [-0.2, -0.15) is 0 Å². The Bertz CT molecular complexity index is 1290. The molecule has 3 aromatic heterocycles. The van der Waals surface area contributed by atoms with Crippen LogP contribution in [-0.2, 0) is 24.3 Å². The number of hydrogen-bond acceptors (Lipinski definition) is 6. The maximum Gasteiger partial charge on any atom is 0.272 e. The van der Waals surface area contributed by atoms with Crippen molar-refractivity contribution in [2.75, 3.05) is 7.11 Å². The Morgan fingerprint density at radius 1 is 1.23 bits per heavy atom. The summed E-state index contributed by atoms with van der Waals surface area (Å²) in [6, 6.07) is 9.50. The largest absolute Gasteiger partial charge is 0.496 e. The van der Waals surface area contributed by atoms with Crippen LogP contribution in [0.3, 0.4) is 0 Å². The van der Waals surface area contributed by atoms with E-state index in [4.69, 9.17) is 4.74 Å². The van der Waals surface area contributed by atoms with Crippen LogP contribution in [-0.4, -0.2) is 32.2 Å². The van der Waals surface area contributed by atoms with Gasteiger partial charge in [-0.05, 0) is 23.4 Å². The zero-order valence-electron chi connectivity index (χ0n) is 17.8. The SMILES string of the molecule is COc1ccccc1CNC(=O)CCc1nnc2n(CC(C)C)c(=O)c3sccc3n12. The lowest BCUT2D eigenvalue weighted by Crippen LogP contribution is -2.25. The smallest absolute Gasteiger partial charge is 0.272 e. The van der Waals surface area contributed by atoms with Gasteiger partial charge in [-0.15, -0.1) is 21.5 Å². The van der Waals surface area contributed by atoms with Gasteiger partial charge in [0.15, 0.2) is 0 Å². The normalized spacial score (nSPS) is 11.5. The van der Waals surface area contributed by atoms with Gasteiger partial charge in [0.2, 0.25) is 11.7 Å². The Morgan fingerprint density at radius 2 is 2.03 bits per heavy atom. The molecule has 0 fully saturated rings. The van der Waals surface area contributed by atoms with E-state index < -0.39 is 0 Å². The van der Waals surface area contributed by atoms with Gasteiger partial charge in [-0.1, -0.05) is 32.0 Å². The highest BCUT2D eigenvalue weighted by Crippen LogP contribution is 2.21. The van der Waals surface area contributed by atoms with Crippen molar-refractivity contribution >= 4 is 33.2 Å². The van der Waals surface area contributed by atoms with Gasteiger partial charge in [0.1, 0.15) is 16.3 Å². The molecule has 9 heteroatoms. The molecule has 0 saturated heterocycles. The average molecular weight is 440 g/mol. The Labute approximate surface area is 183 Å². The third-order valence-electron chi connectivity index (χ3n) is 5.07. The zero-order chi connectivity index (χ0) is 22.0. The summed E-state index contributed by atoms with van der Waals surface area (Å²) >= 11 is 1.41. The van der Waals surface area contributed by atoms with Gasteiger partial charge in [0.05, 0.1) is 12.6 Å². The van der Waals surface area contributed by atoms with Gasteiger partial charge in [-0.3, -0.25) is 18.6 Å². The molecule has 31 heavy (non-hydrogen) atoms. The first-order valence-electron chi connectivity index (χ1n) is 10.2. The van der Waals surface area contributed by atoms with Crippen molar-refractivity contribution < 1.29 is 9.53 Å². The topological polar surface area (TPSA) is 90.5 Å². The van der Waals surface area contributed by atoms with Crippen molar-refractivity contribution in [3.8, 4) is 5.75 Å². The number of rotatable bonds is 8. The van der Waals surface area contributed by atoms with Gasteiger partial charge >= 0.3 is 0 Å². The third kappa shape index (κ3) is 4.18. The fraction of sp³-hybridized carbons (Fsp3) is 0.364. The van der Waals surface area contributed by atoms with Crippen LogP contribution in [0.25, 0.3) is 16.0 Å². The second-order valence-electron chi connectivity index (χ2n) is 7.78. The summed E-state index contributed by atoms with van der Waals surface area (Å²) in [5.41, 5.74) is 1.67. The number of ether oxygens (including phenoxy) is 1. The number of carbonyl (C=O) groups excluding carboxylic acids is 1. The molecule has 1 amide bonds. The van der Waals surface area contributed by atoms with Crippen molar-refractivity contribution in [2.24, 2.45) is 5.92 Å². The van der Waals surface area contributed by atoms with E-state index in [1.54, 1.807) is 11.7 Å². The molecule has 1 N–H and O–H groups in total. The minimum atomic E-state index is -0.0836. The first kappa shape index (κ1) is 21.0. The van der Waals surface area contributed by atoms with Gasteiger partial charge in [-0.25, -0.2) is 0 Å². The predicted molar refractivity (Wildman–Crippen MR) is 121 cm³/mol. The second kappa shape index (κ2) is 8.89. The molecule has 162 valence electrons. The monoisotopic (exact) mass is 439 g/mol. The number of amides is 1. The summed E-state index contributed by atoms with van der Waals surface area (Å²) < 4.78 is 9.59. The minimum absolute atomic E-state index is 0.0419. The lowest BCUT2D eigenvalue weighted by molar-refractivity contribution is -0.121. The van der Waals surface area contributed by atoms with E-state index in [1.165, 1.54) is 11.3 Å². The molecule has 4 rings (SSSR count). The molecular formula is C22H25N5O3S. The van der Waals surface area contributed by atoms with Crippen LogP contribution in [0, 0.1) is 5.92 Å². The zero-order valence-corrected chi connectivity index (χ0v) is 18.6. The maximum absolute atomic E-state index is 12.9. The molecule has 3 heterocycles. The first-order valence-corrected chi connectivity index (χ1v) is 11.1. The number of carbonyl (C=O) groups is 1. The first-order chi connectivity index (χ1) is 15.0. The Kier molecular flexibility index (Phi) is 6.03. The number of thiophene rings is 1. The molecular weight excluding hydrogens is 414 g/mol. The standard InChI is InChI=1S/C22H25N5O3S/c1-14(2)13-26-21(29)20-16(10-11-31-20)27-18(24-25-22(26)27)8-9-19(28)23-12-15-6-4-5-7-17(15)30-3/h4-7,10-11,14H,8-9,12-13H2,1-3H3,(H,23,28). The van der Waals surface area contributed by atoms with Crippen molar-refractivity contribution in [3.63, 3.8) is 0 Å². The lowest BCUT2D eigenvalue weighted by atomic mass is 10.2. The summed E-state index contributed by atoms with van der Waals surface area (Å²) in [4.78, 5) is 25.4. The predicted octanol–water partition coefficient (Wildman–Crippen LogP) is 3.02. The fourth-order valence-corrected chi connectivity index (χ4v) is 4.45. The summed E-state index contributed by atoms with van der Waals surface area (Å²) in [5, 5.41) is 13.4. The second-order valence-corrected chi connectivity index (χ2v) is 8.70. The van der Waals surface area contributed by atoms with E-state index in [9.17, 15) is 9.59 Å². The van der Waals surface area contributed by atoms with Crippen molar-refractivity contribution in [2.45, 2.75) is 39.8 Å². The molecule has 0 spiro atoms. The Morgan fingerprint density at radius 3 is 2.81 bits per heavy atom. The van der Waals surface area contributed by atoms with Crippen LogP contribution >= 0.6 is 11.3 Å². The van der Waals surface area contributed by atoms with E-state index in [0.717, 1.165) is 16.8 Å². The Hall–Kier alpha value is -3.20. The van der Waals surface area contributed by atoms with E-state index in [2.05, 4.69) is 29.4 Å². The number of fused-ring (bicyclic) bond motifs is 3. The van der Waals surface area contributed by atoms with Crippen molar-refractivity contribution in [3.05, 3.63) is 57.5 Å². The van der Waals surface area contributed by atoms with Crippen LogP contribution in [0.1, 0.15) is 31.7 Å². The molecule has 0 bridgehead atoms. The molecule has 0 aliphatic heterocycles. The summed E-state index contributed by atoms with van der Waals surface area (Å²) in [5.74, 6) is 2.14. The molecule has 8 nitrogen and oxygen atoms in total. The van der Waals surface area contributed by atoms with E-state index >= 15 is 0 Å². The molecule has 1 aromatic carbocycles. The number of aryl methyl sites for hydroxylation is 1. The number of benzene rings is 1. The van der Waals surface area contributed by atoms with Crippen molar-refractivity contribution in [1.82, 2.24) is 24.5 Å². The van der Waals surface area contributed by atoms with Crippen LogP contribution in [0.15, 0.2) is 40.5 Å². The van der Waals surface area contributed by atoms with E-state index in [1.807, 2.05) is 40.1 Å². The number of para-hydroxylation sites is 1. The molecule has 0 unspecified atom stereocenters.